The summed E-state index contributed by atoms with van der Waals surface area (Å²) in [5.41, 5.74) is 11.8. The number of hydrogen-bond acceptors (Lipinski definition) is 5. The summed E-state index contributed by atoms with van der Waals surface area (Å²) < 4.78 is 13.3. The number of aromatic nitrogens is 3. The summed E-state index contributed by atoms with van der Waals surface area (Å²) in [5, 5.41) is 0. The van der Waals surface area contributed by atoms with E-state index in [0.29, 0.717) is 34.7 Å². The molecule has 0 fully saturated rings. The first kappa shape index (κ1) is 30.9. The Hall–Kier alpha value is -6.85. The molecule has 0 unspecified atom stereocenters. The highest BCUT2D eigenvalue weighted by Crippen LogP contribution is 2.58. The predicted molar refractivity (Wildman–Crippen MR) is 211 cm³/mol. The molecule has 8 aromatic rings. The number of hydrogen-bond donors (Lipinski definition) is 0. The maximum atomic E-state index is 6.78. The molecule has 0 atom stereocenters. The second-order valence-corrected chi connectivity index (χ2v) is 14.0. The Morgan fingerprint density at radius 1 is 0.377 bits per heavy atom. The third kappa shape index (κ3) is 5.28. The predicted octanol–water partition coefficient (Wildman–Crippen LogP) is 12.4. The van der Waals surface area contributed by atoms with Crippen LogP contribution in [0, 0.1) is 0 Å². The van der Waals surface area contributed by atoms with Crippen LogP contribution in [0.5, 0.6) is 23.0 Å². The van der Waals surface area contributed by atoms with Crippen LogP contribution in [0.1, 0.15) is 25.0 Å². The van der Waals surface area contributed by atoms with E-state index in [0.717, 1.165) is 50.3 Å². The van der Waals surface area contributed by atoms with Gasteiger partial charge in [-0.25, -0.2) is 15.0 Å². The number of benzene rings is 7. The first-order chi connectivity index (χ1) is 26.0. The van der Waals surface area contributed by atoms with E-state index in [2.05, 4.69) is 141 Å². The molecule has 53 heavy (non-hydrogen) atoms. The number of rotatable bonds is 5. The highest BCUT2D eigenvalue weighted by molar-refractivity contribution is 5.88. The average Bonchev–Trinajstić information content (AvgIpc) is 3.46. The van der Waals surface area contributed by atoms with Crippen LogP contribution in [-0.2, 0) is 5.41 Å². The summed E-state index contributed by atoms with van der Waals surface area (Å²) in [5.74, 6) is 4.44. The normalized spacial score (nSPS) is 13.2. The van der Waals surface area contributed by atoms with Crippen LogP contribution in [0.4, 0.5) is 0 Å². The Bertz CT molecular complexity index is 2570. The second-order valence-electron chi connectivity index (χ2n) is 14.0. The lowest BCUT2D eigenvalue weighted by Gasteiger charge is -2.25. The van der Waals surface area contributed by atoms with Crippen molar-refractivity contribution in [3.63, 3.8) is 0 Å². The summed E-state index contributed by atoms with van der Waals surface area (Å²) in [7, 11) is 0. The van der Waals surface area contributed by atoms with Crippen LogP contribution in [0.25, 0.3) is 67.5 Å². The van der Waals surface area contributed by atoms with Gasteiger partial charge in [0.25, 0.3) is 0 Å². The minimum Gasteiger partial charge on any atom is -0.449 e. The molecule has 1 aromatic heterocycles. The van der Waals surface area contributed by atoms with E-state index in [1.165, 1.54) is 16.7 Å². The van der Waals surface area contributed by atoms with Gasteiger partial charge in [0.1, 0.15) is 0 Å². The highest BCUT2D eigenvalue weighted by atomic mass is 16.6. The molecule has 0 saturated heterocycles. The van der Waals surface area contributed by atoms with Crippen LogP contribution >= 0.6 is 0 Å². The Labute approximate surface area is 308 Å². The molecule has 2 heterocycles. The fourth-order valence-electron chi connectivity index (χ4n) is 7.61. The smallest absolute Gasteiger partial charge is 0.178 e. The van der Waals surface area contributed by atoms with E-state index in [1.54, 1.807) is 0 Å². The van der Waals surface area contributed by atoms with Crippen LogP contribution in [0.3, 0.4) is 0 Å². The van der Waals surface area contributed by atoms with Crippen molar-refractivity contribution >= 4 is 0 Å². The number of ether oxygens (including phenoxy) is 2. The first-order valence-electron chi connectivity index (χ1n) is 17.8. The topological polar surface area (TPSA) is 57.1 Å². The van der Waals surface area contributed by atoms with Crippen LogP contribution in [-0.4, -0.2) is 15.0 Å². The van der Waals surface area contributed by atoms with Crippen LogP contribution in [0.15, 0.2) is 164 Å². The van der Waals surface area contributed by atoms with Crippen molar-refractivity contribution in [1.82, 2.24) is 15.0 Å². The lowest BCUT2D eigenvalue weighted by Crippen LogP contribution is -2.15. The molecule has 0 spiro atoms. The summed E-state index contributed by atoms with van der Waals surface area (Å²) >= 11 is 0. The summed E-state index contributed by atoms with van der Waals surface area (Å²) in [6, 6.07) is 56.1. The van der Waals surface area contributed by atoms with Crippen molar-refractivity contribution in [3.05, 3.63) is 175 Å². The maximum Gasteiger partial charge on any atom is 0.178 e. The molecule has 1 aliphatic heterocycles. The number of fused-ring (bicyclic) bond motifs is 6. The quantitative estimate of drug-likeness (QED) is 0.181. The van der Waals surface area contributed by atoms with Gasteiger partial charge in [0.05, 0.1) is 0 Å². The molecule has 1 aliphatic carbocycles. The van der Waals surface area contributed by atoms with E-state index in [-0.39, 0.29) is 5.41 Å². The van der Waals surface area contributed by atoms with Crippen molar-refractivity contribution in [3.8, 4) is 90.5 Å². The summed E-state index contributed by atoms with van der Waals surface area (Å²) in [6.45, 7) is 4.53. The van der Waals surface area contributed by atoms with Gasteiger partial charge in [0.15, 0.2) is 40.5 Å². The van der Waals surface area contributed by atoms with Gasteiger partial charge in [-0.3, -0.25) is 0 Å². The van der Waals surface area contributed by atoms with E-state index in [4.69, 9.17) is 24.4 Å². The largest absolute Gasteiger partial charge is 0.449 e. The molecule has 252 valence electrons. The van der Waals surface area contributed by atoms with E-state index < -0.39 is 0 Å². The molecule has 5 heteroatoms. The van der Waals surface area contributed by atoms with Crippen molar-refractivity contribution in [1.29, 1.82) is 0 Å². The van der Waals surface area contributed by atoms with Crippen molar-refractivity contribution < 1.29 is 9.47 Å². The maximum absolute atomic E-state index is 6.78. The molecule has 0 saturated carbocycles. The molecule has 0 bridgehead atoms. The molecule has 0 amide bonds. The molecular formula is C48H33N3O2. The Morgan fingerprint density at radius 3 is 1.45 bits per heavy atom. The monoisotopic (exact) mass is 683 g/mol. The summed E-state index contributed by atoms with van der Waals surface area (Å²) in [6.07, 6.45) is 0. The van der Waals surface area contributed by atoms with Gasteiger partial charge in [0.2, 0.25) is 0 Å². The summed E-state index contributed by atoms with van der Waals surface area (Å²) in [4.78, 5) is 15.1. The fourth-order valence-corrected chi connectivity index (χ4v) is 7.61. The van der Waals surface area contributed by atoms with Crippen molar-refractivity contribution in [2.75, 3.05) is 0 Å². The Balaban J connectivity index is 1.06. The zero-order valence-corrected chi connectivity index (χ0v) is 29.2. The minimum absolute atomic E-state index is 0.150. The molecule has 2 aliphatic rings. The standard InChI is InChI=1S/C48H33N3O2/c1-48(2)38-16-10-9-15-37(38)43-39(48)26-28-41-44(43)53-42-29-36(25-27-40(42)52-41)47-50-45(34-21-17-32(18-22-34)30-11-5-3-6-12-30)49-46(51-47)35-23-19-33(20-24-35)31-13-7-4-8-14-31/h3-29H,1-2H3. The van der Waals surface area contributed by atoms with Gasteiger partial charge >= 0.3 is 0 Å². The van der Waals surface area contributed by atoms with E-state index >= 15 is 0 Å². The van der Waals surface area contributed by atoms with Crippen LogP contribution < -0.4 is 9.47 Å². The first-order valence-corrected chi connectivity index (χ1v) is 17.8. The number of nitrogens with zero attached hydrogens (tertiary/aromatic N) is 3. The third-order valence-electron chi connectivity index (χ3n) is 10.4. The van der Waals surface area contributed by atoms with Gasteiger partial charge in [-0.15, -0.1) is 0 Å². The Kier molecular flexibility index (Phi) is 7.08. The second kappa shape index (κ2) is 12.1. The van der Waals surface area contributed by atoms with Crippen LogP contribution in [0.2, 0.25) is 0 Å². The molecular weight excluding hydrogens is 651 g/mol. The highest BCUT2D eigenvalue weighted by Gasteiger charge is 2.39. The Morgan fingerprint density at radius 2 is 0.849 bits per heavy atom. The van der Waals surface area contributed by atoms with Gasteiger partial charge in [0, 0.05) is 27.7 Å². The van der Waals surface area contributed by atoms with Gasteiger partial charge in [-0.1, -0.05) is 153 Å². The van der Waals surface area contributed by atoms with Crippen molar-refractivity contribution in [2.24, 2.45) is 0 Å². The molecule has 7 aromatic carbocycles. The zero-order chi connectivity index (χ0) is 35.5. The van der Waals surface area contributed by atoms with Gasteiger partial charge < -0.3 is 9.47 Å². The molecule has 10 rings (SSSR count). The molecule has 5 nitrogen and oxygen atoms in total. The van der Waals surface area contributed by atoms with Gasteiger partial charge in [-0.2, -0.15) is 0 Å². The van der Waals surface area contributed by atoms with Crippen molar-refractivity contribution in [2.45, 2.75) is 19.3 Å². The van der Waals surface area contributed by atoms with Gasteiger partial charge in [-0.05, 0) is 63.2 Å². The average molecular weight is 684 g/mol. The lowest BCUT2D eigenvalue weighted by molar-refractivity contribution is 0.360. The third-order valence-corrected chi connectivity index (χ3v) is 10.4. The van der Waals surface area contributed by atoms with E-state index in [9.17, 15) is 0 Å². The fraction of sp³-hybridized carbons (Fsp3) is 0.0625. The molecule has 0 radical (unpaired) electrons. The molecule has 0 N–H and O–H groups in total. The minimum atomic E-state index is -0.150. The zero-order valence-electron chi connectivity index (χ0n) is 29.2. The lowest BCUT2D eigenvalue weighted by atomic mass is 9.82. The van der Waals surface area contributed by atoms with E-state index in [1.807, 2.05) is 36.4 Å². The SMILES string of the molecule is CC1(C)c2ccccc2-c2c1ccc1c2Oc2cc(-c3nc(-c4ccc(-c5ccccc5)cc4)nc(-c4ccc(-c5ccccc5)cc4)n3)ccc2O1.